The Kier molecular flexibility index (Phi) is 4.28. The average Bonchev–Trinajstić information content (AvgIpc) is 2.86. The molecule has 0 unspecified atom stereocenters. The van der Waals surface area contributed by atoms with Gasteiger partial charge in [0.1, 0.15) is 5.83 Å². The summed E-state index contributed by atoms with van der Waals surface area (Å²) in [7, 11) is 0. The van der Waals surface area contributed by atoms with Gasteiger partial charge in [-0.25, -0.2) is 14.4 Å². The average molecular weight is 340 g/mol. The van der Waals surface area contributed by atoms with Gasteiger partial charge in [-0.15, -0.1) is 11.3 Å². The Balaban J connectivity index is 1.92. The van der Waals surface area contributed by atoms with Crippen LogP contribution in [0.15, 0.2) is 51.4 Å². The largest absolute Gasteiger partial charge is 0.354 e. The lowest BCUT2D eigenvalue weighted by Crippen LogP contribution is -1.97. The summed E-state index contributed by atoms with van der Waals surface area (Å²) in [5.41, 5.74) is 2.43. The van der Waals surface area contributed by atoms with Crippen LogP contribution in [0.5, 0.6) is 0 Å². The van der Waals surface area contributed by atoms with Crippen molar-refractivity contribution in [1.82, 2.24) is 9.97 Å². The van der Waals surface area contributed by atoms with Crippen molar-refractivity contribution in [2.75, 3.05) is 11.6 Å². The first-order chi connectivity index (χ1) is 10.2. The molecular formula is C14H11ClFN3S2. The van der Waals surface area contributed by atoms with E-state index in [1.54, 1.807) is 35.4 Å². The lowest BCUT2D eigenvalue weighted by molar-refractivity contribution is 0.660. The molecule has 0 saturated heterocycles. The molecule has 2 aromatic heterocycles. The van der Waals surface area contributed by atoms with Crippen LogP contribution in [0.2, 0.25) is 0 Å². The van der Waals surface area contributed by atoms with Gasteiger partial charge in [0, 0.05) is 18.3 Å². The third kappa shape index (κ3) is 3.12. The molecule has 0 amide bonds. The third-order valence-corrected chi connectivity index (χ3v) is 5.29. The SMILES string of the molecule is CSc1nc2nccc(NC3=CCC(Cl)=C(F)C=C3)c2s1. The molecule has 0 bridgehead atoms. The van der Waals surface area contributed by atoms with Crippen LogP contribution >= 0.6 is 34.7 Å². The number of allylic oxidation sites excluding steroid dienone is 5. The van der Waals surface area contributed by atoms with Crippen LogP contribution in [-0.2, 0) is 0 Å². The zero-order chi connectivity index (χ0) is 14.8. The second-order valence-electron chi connectivity index (χ2n) is 4.27. The van der Waals surface area contributed by atoms with E-state index in [2.05, 4.69) is 15.3 Å². The van der Waals surface area contributed by atoms with E-state index in [1.807, 2.05) is 18.4 Å². The molecule has 7 heteroatoms. The maximum absolute atomic E-state index is 13.4. The summed E-state index contributed by atoms with van der Waals surface area (Å²) >= 11 is 8.99. The fourth-order valence-corrected chi connectivity index (χ4v) is 3.49. The highest BCUT2D eigenvalue weighted by molar-refractivity contribution is 8.00. The summed E-state index contributed by atoms with van der Waals surface area (Å²) in [5.74, 6) is -0.396. The molecule has 1 aliphatic rings. The van der Waals surface area contributed by atoms with Crippen molar-refractivity contribution in [2.45, 2.75) is 10.8 Å². The van der Waals surface area contributed by atoms with Crippen LogP contribution in [0.1, 0.15) is 6.42 Å². The van der Waals surface area contributed by atoms with Crippen LogP contribution in [0.4, 0.5) is 10.1 Å². The number of thiazole rings is 1. The standard InChI is InChI=1S/C14H11ClFN3S2/c1-20-14-19-13-12(21-14)11(6-7-17-13)18-8-2-4-9(15)10(16)5-3-8/h2-3,5-7H,4H2,1H3,(H,17,18). The first-order valence-corrected chi connectivity index (χ1v) is 8.58. The number of fused-ring (bicyclic) bond motifs is 1. The molecule has 3 rings (SSSR count). The minimum absolute atomic E-state index is 0.213. The maximum atomic E-state index is 13.4. The summed E-state index contributed by atoms with van der Waals surface area (Å²) in [6.45, 7) is 0. The van der Waals surface area contributed by atoms with Crippen molar-refractivity contribution < 1.29 is 4.39 Å². The van der Waals surface area contributed by atoms with Crippen LogP contribution in [0.3, 0.4) is 0 Å². The van der Waals surface area contributed by atoms with Crippen molar-refractivity contribution in [3.05, 3.63) is 47.0 Å². The number of anilines is 1. The van der Waals surface area contributed by atoms with Crippen molar-refractivity contribution in [3.8, 4) is 0 Å². The number of aromatic nitrogens is 2. The summed E-state index contributed by atoms with van der Waals surface area (Å²) in [6, 6.07) is 1.88. The number of hydrogen-bond acceptors (Lipinski definition) is 5. The molecule has 2 heterocycles. The van der Waals surface area contributed by atoms with E-state index >= 15 is 0 Å². The molecule has 108 valence electrons. The molecule has 0 atom stereocenters. The lowest BCUT2D eigenvalue weighted by atomic mass is 10.3. The number of nitrogens with one attached hydrogen (secondary N) is 1. The van der Waals surface area contributed by atoms with E-state index in [0.29, 0.717) is 6.42 Å². The van der Waals surface area contributed by atoms with Gasteiger partial charge >= 0.3 is 0 Å². The Bertz CT molecular complexity index is 780. The molecule has 3 nitrogen and oxygen atoms in total. The monoisotopic (exact) mass is 339 g/mol. The zero-order valence-electron chi connectivity index (χ0n) is 11.1. The van der Waals surface area contributed by atoms with Crippen molar-refractivity contribution in [3.63, 3.8) is 0 Å². The molecule has 0 radical (unpaired) electrons. The van der Waals surface area contributed by atoms with Gasteiger partial charge in [0.25, 0.3) is 0 Å². The smallest absolute Gasteiger partial charge is 0.173 e. The summed E-state index contributed by atoms with van der Waals surface area (Å²) < 4.78 is 15.4. The Morgan fingerprint density at radius 3 is 3.10 bits per heavy atom. The molecular weight excluding hydrogens is 329 g/mol. The number of nitrogens with zero attached hydrogens (tertiary/aromatic N) is 2. The highest BCUT2D eigenvalue weighted by Crippen LogP contribution is 2.33. The molecule has 0 aliphatic heterocycles. The molecule has 2 aromatic rings. The van der Waals surface area contributed by atoms with Crippen molar-refractivity contribution in [1.29, 1.82) is 0 Å². The quantitative estimate of drug-likeness (QED) is 0.790. The van der Waals surface area contributed by atoms with E-state index in [0.717, 1.165) is 26.1 Å². The van der Waals surface area contributed by atoms with E-state index in [4.69, 9.17) is 11.6 Å². The Morgan fingerprint density at radius 1 is 1.43 bits per heavy atom. The first kappa shape index (κ1) is 14.6. The molecule has 1 aliphatic carbocycles. The number of thioether (sulfide) groups is 1. The van der Waals surface area contributed by atoms with Crippen LogP contribution in [0, 0.1) is 0 Å². The van der Waals surface area contributed by atoms with E-state index in [-0.39, 0.29) is 5.03 Å². The molecule has 1 N–H and O–H groups in total. The van der Waals surface area contributed by atoms with Crippen molar-refractivity contribution >= 4 is 50.7 Å². The molecule has 0 spiro atoms. The number of hydrogen-bond donors (Lipinski definition) is 1. The zero-order valence-corrected chi connectivity index (χ0v) is 13.4. The predicted molar refractivity (Wildman–Crippen MR) is 88.6 cm³/mol. The molecule has 21 heavy (non-hydrogen) atoms. The van der Waals surface area contributed by atoms with Gasteiger partial charge in [0.15, 0.2) is 9.99 Å². The van der Waals surface area contributed by atoms with Gasteiger partial charge in [-0.1, -0.05) is 29.4 Å². The van der Waals surface area contributed by atoms with Gasteiger partial charge in [-0.2, -0.15) is 0 Å². The Labute approximate surface area is 134 Å². The number of halogens is 2. The first-order valence-electron chi connectivity index (χ1n) is 6.16. The van der Waals surface area contributed by atoms with E-state index in [9.17, 15) is 4.39 Å². The summed E-state index contributed by atoms with van der Waals surface area (Å²) in [6.07, 6.45) is 8.96. The van der Waals surface area contributed by atoms with Crippen LogP contribution < -0.4 is 5.32 Å². The highest BCUT2D eigenvalue weighted by Gasteiger charge is 2.10. The fourth-order valence-electron chi connectivity index (χ4n) is 1.87. The third-order valence-electron chi connectivity index (χ3n) is 2.90. The van der Waals surface area contributed by atoms with Crippen molar-refractivity contribution in [2.24, 2.45) is 0 Å². The highest BCUT2D eigenvalue weighted by atomic mass is 35.5. The van der Waals surface area contributed by atoms with Crippen LogP contribution in [0.25, 0.3) is 10.3 Å². The second kappa shape index (κ2) is 6.17. The number of rotatable bonds is 3. The van der Waals surface area contributed by atoms with E-state index in [1.165, 1.54) is 6.08 Å². The maximum Gasteiger partial charge on any atom is 0.173 e. The molecule has 0 aromatic carbocycles. The Hall–Kier alpha value is -1.37. The minimum Gasteiger partial charge on any atom is -0.354 e. The summed E-state index contributed by atoms with van der Waals surface area (Å²) in [4.78, 5) is 8.70. The van der Waals surface area contributed by atoms with E-state index < -0.39 is 5.83 Å². The van der Waals surface area contributed by atoms with Gasteiger partial charge in [0.2, 0.25) is 0 Å². The van der Waals surface area contributed by atoms with Crippen LogP contribution in [-0.4, -0.2) is 16.2 Å². The van der Waals surface area contributed by atoms with Gasteiger partial charge in [-0.3, -0.25) is 0 Å². The fraction of sp³-hybridized carbons (Fsp3) is 0.143. The molecule has 0 saturated carbocycles. The topological polar surface area (TPSA) is 37.8 Å². The number of pyridine rings is 1. The lowest BCUT2D eigenvalue weighted by Gasteiger charge is -2.07. The second-order valence-corrected chi connectivity index (χ2v) is 6.78. The normalized spacial score (nSPS) is 15.3. The minimum atomic E-state index is -0.396. The predicted octanol–water partition coefficient (Wildman–Crippen LogP) is 5.09. The van der Waals surface area contributed by atoms with Gasteiger partial charge in [0.05, 0.1) is 15.4 Å². The van der Waals surface area contributed by atoms with Gasteiger partial charge in [-0.05, 0) is 24.5 Å². The summed E-state index contributed by atoms with van der Waals surface area (Å²) in [5, 5.41) is 3.50. The van der Waals surface area contributed by atoms with Gasteiger partial charge < -0.3 is 5.32 Å². The molecule has 0 fully saturated rings. The Morgan fingerprint density at radius 2 is 2.29 bits per heavy atom.